The lowest BCUT2D eigenvalue weighted by Crippen LogP contribution is -2.57. The van der Waals surface area contributed by atoms with Crippen LogP contribution in [-0.2, 0) is 60.8 Å². The molecule has 7 unspecified atom stereocenters. The van der Waals surface area contributed by atoms with Crippen LogP contribution in [0.3, 0.4) is 0 Å². The fourth-order valence-corrected chi connectivity index (χ4v) is 7.98. The van der Waals surface area contributed by atoms with Crippen molar-refractivity contribution in [2.24, 2.45) is 29.2 Å². The van der Waals surface area contributed by atoms with E-state index in [0.717, 1.165) is 50.2 Å². The number of hydrogen-bond acceptors (Lipinski definition) is 17. The highest BCUT2D eigenvalue weighted by Crippen LogP contribution is 2.14. The van der Waals surface area contributed by atoms with Gasteiger partial charge in [-0.05, 0) is 134 Å². The summed E-state index contributed by atoms with van der Waals surface area (Å²) in [5.74, 6) is -4.19. The number of aliphatic hydroxyl groups is 1. The summed E-state index contributed by atoms with van der Waals surface area (Å²) in [6.45, 7) is 12.0. The van der Waals surface area contributed by atoms with Gasteiger partial charge in [0.05, 0.1) is 37.4 Å². The Balaban J connectivity index is 0. The maximum absolute atomic E-state index is 13.4. The number of aliphatic hydroxyl groups excluding tert-OH is 1. The summed E-state index contributed by atoms with van der Waals surface area (Å²) in [5, 5.41) is 34.7. The SMILES string of the molecule is CCCN(CC(=O)N(C)CC(CCCCN)C(=O)NC(C=O)CCc1ccncc1)C(=O)C(Cc1ccncc1)NC=O.CNCCCC(NC)C(=O)NCC(=O)NC(C(=O)NC(CC(C)C)C(=O)NC(C)C)C(C)C=O.CO.N=CN. The predicted molar refractivity (Wildman–Crippen MR) is 314 cm³/mol. The molecule has 7 atom stereocenters. The molecule has 462 valence electrons. The van der Waals surface area contributed by atoms with Crippen LogP contribution in [0.1, 0.15) is 104 Å². The van der Waals surface area contributed by atoms with Crippen molar-refractivity contribution < 1.29 is 53.1 Å². The fourth-order valence-electron chi connectivity index (χ4n) is 7.98. The van der Waals surface area contributed by atoms with Crippen molar-refractivity contribution >= 4 is 66.7 Å². The number of likely N-dealkylation sites (N-methyl/N-ethyl adjacent to an activating group) is 2. The lowest BCUT2D eigenvalue weighted by atomic mass is 9.99. The van der Waals surface area contributed by atoms with Crippen molar-refractivity contribution in [1.29, 1.82) is 5.41 Å². The van der Waals surface area contributed by atoms with Gasteiger partial charge in [0.25, 0.3) is 0 Å². The molecule has 0 aromatic carbocycles. The predicted octanol–water partition coefficient (Wildman–Crippen LogP) is -0.881. The lowest BCUT2D eigenvalue weighted by molar-refractivity contribution is -0.142. The van der Waals surface area contributed by atoms with Crippen LogP contribution >= 0.6 is 0 Å². The molecule has 0 bridgehead atoms. The van der Waals surface area contributed by atoms with Crippen LogP contribution in [0.25, 0.3) is 0 Å². The Labute approximate surface area is 484 Å². The topological polar surface area (TPSA) is 395 Å². The maximum atomic E-state index is 13.4. The molecule has 0 fully saturated rings. The smallest absolute Gasteiger partial charge is 0.245 e. The molecule has 0 aliphatic carbocycles. The number of amides is 8. The standard InChI is InChI=1S/C31H45N7O5.C23H44N6O5.CH4N2.CH4O/c1-3-18-38(31(43)28(35-23-40)19-25-11-16-34-17-12-25)21-29(41)37(2)20-26(6-4-5-13-32)30(42)36-27(22-39)8-7-24-9-14-33-15-10-24;1-14(2)11-18(22(33)27-15(3)4)28-23(34)20(16(5)13-30)29-19(31)12-26-21(32)17(25-7)9-8-10-24-6;2-1-3;1-2/h9-12,14-17,22-23,26-28H,3-8,13,18-21,32H2,1-2H3,(H,35,40)(H,36,42);13-18,20,24-25H,8-12H2,1-7H3,(H,26,32)(H,27,33)(H,28,34)(H,29,31);1H,(H3,2,3);2H,1H3. The van der Waals surface area contributed by atoms with Crippen LogP contribution in [0.15, 0.2) is 49.1 Å². The first-order valence-corrected chi connectivity index (χ1v) is 27.8. The largest absolute Gasteiger partial charge is 0.400 e. The first-order valence-electron chi connectivity index (χ1n) is 27.8. The van der Waals surface area contributed by atoms with Crippen molar-refractivity contribution in [3.8, 4) is 0 Å². The zero-order chi connectivity index (χ0) is 62.4. The highest BCUT2D eigenvalue weighted by Gasteiger charge is 2.32. The summed E-state index contributed by atoms with van der Waals surface area (Å²) in [4.78, 5) is 136. The number of rotatable bonds is 38. The Kier molecular flexibility index (Phi) is 44.3. The molecule has 82 heavy (non-hydrogen) atoms. The van der Waals surface area contributed by atoms with Crippen LogP contribution < -0.4 is 54.0 Å². The van der Waals surface area contributed by atoms with Gasteiger partial charge in [-0.3, -0.25) is 53.7 Å². The number of hydrogen-bond donors (Lipinski definition) is 12. The van der Waals surface area contributed by atoms with Gasteiger partial charge >= 0.3 is 0 Å². The van der Waals surface area contributed by atoms with E-state index in [-0.39, 0.29) is 67.6 Å². The second kappa shape index (κ2) is 47.4. The summed E-state index contributed by atoms with van der Waals surface area (Å²) in [6.07, 6.45) is 14.7. The Bertz CT molecular complexity index is 2140. The van der Waals surface area contributed by atoms with Gasteiger partial charge in [0.15, 0.2) is 0 Å². The Hall–Kier alpha value is -7.29. The van der Waals surface area contributed by atoms with E-state index in [1.165, 1.54) is 16.7 Å². The number of pyridine rings is 2. The molecular formula is C56H97N15O11. The molecule has 2 aromatic heterocycles. The normalized spacial score (nSPS) is 13.0. The molecule has 0 saturated carbocycles. The number of unbranched alkanes of at least 4 members (excludes halogenated alkanes) is 1. The second-order valence-electron chi connectivity index (χ2n) is 19.9. The molecule has 2 rings (SSSR count). The molecule has 0 aliphatic heterocycles. The summed E-state index contributed by atoms with van der Waals surface area (Å²) in [6, 6.07) is 3.20. The van der Waals surface area contributed by atoms with Crippen molar-refractivity contribution in [3.63, 3.8) is 0 Å². The summed E-state index contributed by atoms with van der Waals surface area (Å²) in [5.41, 5.74) is 11.9. The number of aromatic nitrogens is 2. The number of nitrogens with one attached hydrogen (secondary N) is 9. The number of carbonyl (C=O) groups excluding carboxylic acids is 10. The molecule has 8 amide bonds. The molecule has 2 aromatic rings. The number of nitrogens with two attached hydrogens (primary N) is 2. The Morgan fingerprint density at radius 3 is 1.87 bits per heavy atom. The van der Waals surface area contributed by atoms with Crippen LogP contribution in [-0.4, -0.2) is 195 Å². The van der Waals surface area contributed by atoms with E-state index in [0.29, 0.717) is 70.7 Å². The van der Waals surface area contributed by atoms with Crippen LogP contribution in [0.5, 0.6) is 0 Å². The number of carbonyl (C=O) groups is 10. The van der Waals surface area contributed by atoms with Crippen molar-refractivity contribution in [2.45, 2.75) is 142 Å². The minimum Gasteiger partial charge on any atom is -0.400 e. The maximum Gasteiger partial charge on any atom is 0.245 e. The first kappa shape index (κ1) is 76.8. The van der Waals surface area contributed by atoms with E-state index in [1.54, 1.807) is 51.0 Å². The summed E-state index contributed by atoms with van der Waals surface area (Å²) >= 11 is 0. The molecule has 0 saturated heterocycles. The highest BCUT2D eigenvalue weighted by atomic mass is 16.2. The first-order chi connectivity index (χ1) is 39.2. The number of aryl methyl sites for hydroxylation is 1. The average Bonchev–Trinajstić information content (AvgIpc) is 3.51. The van der Waals surface area contributed by atoms with E-state index >= 15 is 0 Å². The Morgan fingerprint density at radius 2 is 1.35 bits per heavy atom. The van der Waals surface area contributed by atoms with Gasteiger partial charge in [-0.15, -0.1) is 0 Å². The van der Waals surface area contributed by atoms with E-state index < -0.39 is 53.9 Å². The Morgan fingerprint density at radius 1 is 0.744 bits per heavy atom. The molecule has 0 aliphatic rings. The molecule has 14 N–H and O–H groups in total. The van der Waals surface area contributed by atoms with E-state index in [1.807, 2.05) is 53.8 Å². The minimum absolute atomic E-state index is 0.105. The van der Waals surface area contributed by atoms with E-state index in [9.17, 15) is 47.9 Å². The van der Waals surface area contributed by atoms with Crippen molar-refractivity contribution in [3.05, 3.63) is 60.2 Å². The van der Waals surface area contributed by atoms with Crippen molar-refractivity contribution in [2.75, 3.05) is 67.5 Å². The number of aldehydes is 2. The zero-order valence-corrected chi connectivity index (χ0v) is 49.9. The second-order valence-corrected chi connectivity index (χ2v) is 19.9. The highest BCUT2D eigenvalue weighted by molar-refractivity contribution is 5.95. The molecule has 2 heterocycles. The van der Waals surface area contributed by atoms with Gasteiger partial charge in [-0.2, -0.15) is 0 Å². The fraction of sp³-hybridized carbons (Fsp3) is 0.625. The van der Waals surface area contributed by atoms with E-state index in [4.69, 9.17) is 16.2 Å². The third-order valence-electron chi connectivity index (χ3n) is 12.3. The zero-order valence-electron chi connectivity index (χ0n) is 49.9. The van der Waals surface area contributed by atoms with Crippen LogP contribution in [0.2, 0.25) is 0 Å². The van der Waals surface area contributed by atoms with Gasteiger partial charge in [-0.1, -0.05) is 34.1 Å². The van der Waals surface area contributed by atoms with Gasteiger partial charge in [-0.25, -0.2) is 0 Å². The third-order valence-corrected chi connectivity index (χ3v) is 12.3. The van der Waals surface area contributed by atoms with Crippen LogP contribution in [0, 0.1) is 23.2 Å². The molecule has 26 heteroatoms. The lowest BCUT2D eigenvalue weighted by Gasteiger charge is -2.30. The minimum atomic E-state index is -1.18. The van der Waals surface area contributed by atoms with Crippen molar-refractivity contribution in [1.82, 2.24) is 62.3 Å². The van der Waals surface area contributed by atoms with Gasteiger partial charge in [0.2, 0.25) is 47.8 Å². The monoisotopic (exact) mass is 1160 g/mol. The average molecular weight is 1160 g/mol. The van der Waals surface area contributed by atoms with E-state index in [2.05, 4.69) is 58.2 Å². The molecular weight excluding hydrogens is 1060 g/mol. The third kappa shape index (κ3) is 34.1. The molecule has 26 nitrogen and oxygen atoms in total. The molecule has 0 spiro atoms. The quantitative estimate of drug-likeness (QED) is 0.0168. The van der Waals surface area contributed by atoms with Gasteiger partial charge in [0.1, 0.15) is 30.7 Å². The summed E-state index contributed by atoms with van der Waals surface area (Å²) in [7, 11) is 6.09. The summed E-state index contributed by atoms with van der Waals surface area (Å²) < 4.78 is 0. The van der Waals surface area contributed by atoms with Gasteiger partial charge < -0.3 is 78.5 Å². The van der Waals surface area contributed by atoms with Crippen LogP contribution in [0.4, 0.5) is 0 Å². The van der Waals surface area contributed by atoms with Gasteiger partial charge in [0, 0.05) is 70.4 Å². The molecule has 0 radical (unpaired) electrons. The number of nitrogens with zero attached hydrogens (tertiary/aromatic N) is 4.